The molecule has 0 heterocycles. The van der Waals surface area contributed by atoms with Gasteiger partial charge in [-0.15, -0.1) is 11.8 Å². The summed E-state index contributed by atoms with van der Waals surface area (Å²) in [6, 6.07) is 8.07. The standard InChI is InChI=1S/C10H14FNS/c1-13-10-6-3-2-5-9(10)12-8-4-7-11/h2-3,5-6,12H,4,7-8H2,1H3. The van der Waals surface area contributed by atoms with Crippen LogP contribution in [0.1, 0.15) is 6.42 Å². The molecule has 3 heteroatoms. The molecule has 1 aromatic rings. The van der Waals surface area contributed by atoms with Crippen molar-refractivity contribution < 1.29 is 4.39 Å². The van der Waals surface area contributed by atoms with Crippen molar-refractivity contribution in [2.45, 2.75) is 11.3 Å². The van der Waals surface area contributed by atoms with Gasteiger partial charge >= 0.3 is 0 Å². The summed E-state index contributed by atoms with van der Waals surface area (Å²) in [5.74, 6) is 0. The minimum Gasteiger partial charge on any atom is -0.384 e. The predicted octanol–water partition coefficient (Wildman–Crippen LogP) is 3.18. The summed E-state index contributed by atoms with van der Waals surface area (Å²) < 4.78 is 11.8. The zero-order valence-electron chi connectivity index (χ0n) is 7.72. The molecule has 0 saturated carbocycles. The summed E-state index contributed by atoms with van der Waals surface area (Å²) >= 11 is 1.70. The highest BCUT2D eigenvalue weighted by atomic mass is 32.2. The Morgan fingerprint density at radius 3 is 2.85 bits per heavy atom. The van der Waals surface area contributed by atoms with Gasteiger partial charge in [-0.25, -0.2) is 0 Å². The smallest absolute Gasteiger partial charge is 0.0911 e. The number of thioether (sulfide) groups is 1. The van der Waals surface area contributed by atoms with Gasteiger partial charge in [0.05, 0.1) is 6.67 Å². The van der Waals surface area contributed by atoms with Gasteiger partial charge in [0.1, 0.15) is 0 Å². The maximum absolute atomic E-state index is 11.8. The highest BCUT2D eigenvalue weighted by Crippen LogP contribution is 2.24. The van der Waals surface area contributed by atoms with Gasteiger partial charge in [0.15, 0.2) is 0 Å². The molecule has 0 saturated heterocycles. The van der Waals surface area contributed by atoms with Crippen LogP contribution in [0.3, 0.4) is 0 Å². The van der Waals surface area contributed by atoms with Gasteiger partial charge in [-0.2, -0.15) is 0 Å². The molecular formula is C10H14FNS. The number of rotatable bonds is 5. The van der Waals surface area contributed by atoms with Gasteiger partial charge in [0.25, 0.3) is 0 Å². The second-order valence-corrected chi connectivity index (χ2v) is 3.52. The zero-order chi connectivity index (χ0) is 9.52. The lowest BCUT2D eigenvalue weighted by Crippen LogP contribution is -2.02. The first kappa shape index (κ1) is 10.4. The zero-order valence-corrected chi connectivity index (χ0v) is 8.53. The third-order valence-electron chi connectivity index (χ3n) is 1.73. The molecule has 0 aliphatic carbocycles. The van der Waals surface area contributed by atoms with Crippen molar-refractivity contribution >= 4 is 17.4 Å². The number of nitrogens with one attached hydrogen (secondary N) is 1. The Morgan fingerprint density at radius 1 is 1.38 bits per heavy atom. The first-order valence-corrected chi connectivity index (χ1v) is 5.54. The molecule has 0 amide bonds. The molecule has 0 bridgehead atoms. The van der Waals surface area contributed by atoms with Crippen molar-refractivity contribution in [3.05, 3.63) is 24.3 Å². The molecule has 0 aromatic heterocycles. The Morgan fingerprint density at radius 2 is 2.15 bits per heavy atom. The summed E-state index contributed by atoms with van der Waals surface area (Å²) in [7, 11) is 0. The number of alkyl halides is 1. The Hall–Kier alpha value is -0.700. The first-order chi connectivity index (χ1) is 6.38. The largest absolute Gasteiger partial charge is 0.384 e. The van der Waals surface area contributed by atoms with E-state index < -0.39 is 0 Å². The molecule has 0 atom stereocenters. The molecule has 0 spiro atoms. The predicted molar refractivity (Wildman–Crippen MR) is 57.3 cm³/mol. The molecule has 0 fully saturated rings. The Labute approximate surface area is 82.7 Å². The van der Waals surface area contributed by atoms with Crippen LogP contribution in [0, 0.1) is 0 Å². The first-order valence-electron chi connectivity index (χ1n) is 4.31. The maximum atomic E-state index is 11.8. The number of benzene rings is 1. The summed E-state index contributed by atoms with van der Waals surface area (Å²) in [6.45, 7) is 0.447. The molecule has 0 radical (unpaired) electrons. The third-order valence-corrected chi connectivity index (χ3v) is 2.53. The van der Waals surface area contributed by atoms with E-state index in [0.717, 1.165) is 5.69 Å². The van der Waals surface area contributed by atoms with Crippen LogP contribution < -0.4 is 5.32 Å². The van der Waals surface area contributed by atoms with Crippen LogP contribution in [-0.4, -0.2) is 19.5 Å². The average molecular weight is 199 g/mol. The number of hydrogen-bond donors (Lipinski definition) is 1. The van der Waals surface area contributed by atoms with Crippen molar-refractivity contribution in [1.29, 1.82) is 0 Å². The Kier molecular flexibility index (Phi) is 4.68. The van der Waals surface area contributed by atoms with Crippen LogP contribution in [0.2, 0.25) is 0 Å². The summed E-state index contributed by atoms with van der Waals surface area (Å²) in [5, 5.41) is 3.20. The molecule has 0 unspecified atom stereocenters. The molecule has 72 valence electrons. The van der Waals surface area contributed by atoms with E-state index in [1.807, 2.05) is 24.5 Å². The highest BCUT2D eigenvalue weighted by Gasteiger charge is 1.97. The molecule has 0 aliphatic heterocycles. The topological polar surface area (TPSA) is 12.0 Å². The Balaban J connectivity index is 2.54. The molecular weight excluding hydrogens is 185 g/mol. The van der Waals surface area contributed by atoms with E-state index in [0.29, 0.717) is 13.0 Å². The third kappa shape index (κ3) is 3.27. The lowest BCUT2D eigenvalue weighted by Gasteiger charge is -2.08. The van der Waals surface area contributed by atoms with E-state index >= 15 is 0 Å². The van der Waals surface area contributed by atoms with Crippen LogP contribution in [0.5, 0.6) is 0 Å². The van der Waals surface area contributed by atoms with E-state index in [9.17, 15) is 4.39 Å². The van der Waals surface area contributed by atoms with Crippen molar-refractivity contribution in [3.8, 4) is 0 Å². The van der Waals surface area contributed by atoms with E-state index in [1.54, 1.807) is 11.8 Å². The summed E-state index contributed by atoms with van der Waals surface area (Å²) in [6.07, 6.45) is 2.61. The fraction of sp³-hybridized carbons (Fsp3) is 0.400. The molecule has 13 heavy (non-hydrogen) atoms. The van der Waals surface area contributed by atoms with Gasteiger partial charge in [-0.3, -0.25) is 4.39 Å². The molecule has 1 nitrogen and oxygen atoms in total. The maximum Gasteiger partial charge on any atom is 0.0911 e. The second-order valence-electron chi connectivity index (χ2n) is 2.67. The molecule has 1 rings (SSSR count). The fourth-order valence-electron chi connectivity index (χ4n) is 1.08. The number of anilines is 1. The SMILES string of the molecule is CSc1ccccc1NCCCF. The van der Waals surface area contributed by atoms with Crippen molar-refractivity contribution in [1.82, 2.24) is 0 Å². The summed E-state index contributed by atoms with van der Waals surface area (Å²) in [4.78, 5) is 1.21. The van der Waals surface area contributed by atoms with Crippen molar-refractivity contribution in [2.75, 3.05) is 24.8 Å². The van der Waals surface area contributed by atoms with Crippen LogP contribution >= 0.6 is 11.8 Å². The van der Waals surface area contributed by atoms with E-state index in [1.165, 1.54) is 4.90 Å². The highest BCUT2D eigenvalue weighted by molar-refractivity contribution is 7.98. The van der Waals surface area contributed by atoms with Gasteiger partial charge < -0.3 is 5.32 Å². The van der Waals surface area contributed by atoms with Crippen LogP contribution in [0.15, 0.2) is 29.2 Å². The van der Waals surface area contributed by atoms with Gasteiger partial charge in [-0.05, 0) is 24.8 Å². The lowest BCUT2D eigenvalue weighted by atomic mass is 10.3. The number of para-hydroxylation sites is 1. The van der Waals surface area contributed by atoms with Crippen LogP contribution in [0.4, 0.5) is 10.1 Å². The second kappa shape index (κ2) is 5.86. The van der Waals surface area contributed by atoms with E-state index in [-0.39, 0.29) is 6.67 Å². The van der Waals surface area contributed by atoms with Gasteiger partial charge in [0.2, 0.25) is 0 Å². The monoisotopic (exact) mass is 199 g/mol. The molecule has 0 aliphatic rings. The van der Waals surface area contributed by atoms with Crippen LogP contribution in [-0.2, 0) is 0 Å². The van der Waals surface area contributed by atoms with Crippen molar-refractivity contribution in [3.63, 3.8) is 0 Å². The molecule has 1 N–H and O–H groups in total. The fourth-order valence-corrected chi connectivity index (χ4v) is 1.66. The Bertz CT molecular complexity index is 252. The minimum atomic E-state index is -0.256. The molecule has 1 aromatic carbocycles. The van der Waals surface area contributed by atoms with Gasteiger partial charge in [-0.1, -0.05) is 12.1 Å². The van der Waals surface area contributed by atoms with Crippen LogP contribution in [0.25, 0.3) is 0 Å². The van der Waals surface area contributed by atoms with E-state index in [2.05, 4.69) is 11.4 Å². The lowest BCUT2D eigenvalue weighted by molar-refractivity contribution is 0.481. The number of halogens is 1. The minimum absolute atomic E-state index is 0.256. The average Bonchev–Trinajstić information content (AvgIpc) is 2.19. The van der Waals surface area contributed by atoms with Gasteiger partial charge in [0, 0.05) is 17.1 Å². The van der Waals surface area contributed by atoms with Crippen molar-refractivity contribution in [2.24, 2.45) is 0 Å². The van der Waals surface area contributed by atoms with E-state index in [4.69, 9.17) is 0 Å². The number of hydrogen-bond acceptors (Lipinski definition) is 2. The summed E-state index contributed by atoms with van der Waals surface area (Å²) in [5.41, 5.74) is 1.10. The normalized spacial score (nSPS) is 10.0. The quantitative estimate of drug-likeness (QED) is 0.577.